The van der Waals surface area contributed by atoms with Crippen LogP contribution < -0.4 is 5.32 Å². The van der Waals surface area contributed by atoms with E-state index >= 15 is 0 Å². The highest BCUT2D eigenvalue weighted by Gasteiger charge is 2.30. The molecule has 1 aromatic carbocycles. The van der Waals surface area contributed by atoms with Gasteiger partial charge in [-0.25, -0.2) is 9.78 Å². The summed E-state index contributed by atoms with van der Waals surface area (Å²) in [6.07, 6.45) is 1.18. The van der Waals surface area contributed by atoms with Gasteiger partial charge in [0.05, 0.1) is 6.04 Å². The van der Waals surface area contributed by atoms with E-state index in [-0.39, 0.29) is 23.9 Å². The summed E-state index contributed by atoms with van der Waals surface area (Å²) in [6, 6.07) is 7.92. The third-order valence-corrected chi connectivity index (χ3v) is 5.03. The number of aliphatic carboxylic acids is 1. The molecule has 1 amide bonds. The summed E-state index contributed by atoms with van der Waals surface area (Å²) in [5.74, 6) is -1.41. The van der Waals surface area contributed by atoms with Gasteiger partial charge in [0.15, 0.2) is 11.3 Å². The highest BCUT2D eigenvalue weighted by molar-refractivity contribution is 6.32. The van der Waals surface area contributed by atoms with Crippen LogP contribution in [0.5, 0.6) is 0 Å². The van der Waals surface area contributed by atoms with Crippen LogP contribution in [0.4, 0.5) is 0 Å². The first kappa shape index (κ1) is 23.9. The molecule has 0 fully saturated rings. The number of aryl methyl sites for hydroxylation is 1. The number of carbonyl (C=O) groups is 2. The molecule has 2 aromatic rings. The molecule has 0 saturated heterocycles. The zero-order valence-corrected chi connectivity index (χ0v) is 17.7. The van der Waals surface area contributed by atoms with E-state index in [1.165, 1.54) is 0 Å². The number of benzene rings is 1. The molecular formula is C21H28ClN3O5. The predicted molar refractivity (Wildman–Crippen MR) is 113 cm³/mol. The van der Waals surface area contributed by atoms with E-state index in [2.05, 4.69) is 10.3 Å². The maximum absolute atomic E-state index is 13.0. The molecule has 8 nitrogen and oxygen atoms in total. The highest BCUT2D eigenvalue weighted by Crippen LogP contribution is 2.20. The van der Waals surface area contributed by atoms with Crippen molar-refractivity contribution < 1.29 is 24.9 Å². The van der Waals surface area contributed by atoms with Crippen LogP contribution in [0, 0.1) is 0 Å². The SMILES string of the molecule is CCCCc1nc(Cl)c(C(=O)N[C@H](Cc2ccccc2)[C@H](O)C(=O)O)n1CCCO. The third-order valence-electron chi connectivity index (χ3n) is 4.76. The van der Waals surface area contributed by atoms with E-state index in [4.69, 9.17) is 11.6 Å². The number of amides is 1. The second-order valence-electron chi connectivity index (χ2n) is 7.05. The van der Waals surface area contributed by atoms with Crippen LogP contribution in [-0.2, 0) is 24.2 Å². The van der Waals surface area contributed by atoms with Crippen LogP contribution in [0.3, 0.4) is 0 Å². The van der Waals surface area contributed by atoms with Crippen molar-refractivity contribution in [2.45, 2.75) is 57.7 Å². The fourth-order valence-corrected chi connectivity index (χ4v) is 3.48. The van der Waals surface area contributed by atoms with Crippen LogP contribution in [-0.4, -0.2) is 55.5 Å². The Bertz CT molecular complexity index is 841. The molecule has 0 aliphatic carbocycles. The largest absolute Gasteiger partial charge is 0.479 e. The van der Waals surface area contributed by atoms with Crippen molar-refractivity contribution in [3.05, 3.63) is 52.6 Å². The van der Waals surface area contributed by atoms with Crippen molar-refractivity contribution >= 4 is 23.5 Å². The number of imidazole rings is 1. The molecule has 30 heavy (non-hydrogen) atoms. The monoisotopic (exact) mass is 437 g/mol. The Morgan fingerprint density at radius 2 is 1.93 bits per heavy atom. The summed E-state index contributed by atoms with van der Waals surface area (Å²) in [6.45, 7) is 2.33. The van der Waals surface area contributed by atoms with Crippen LogP contribution in [0.2, 0.25) is 5.15 Å². The molecule has 4 N–H and O–H groups in total. The molecule has 0 spiro atoms. The molecule has 0 saturated carbocycles. The number of nitrogens with zero attached hydrogens (tertiary/aromatic N) is 2. The number of nitrogens with one attached hydrogen (secondary N) is 1. The van der Waals surface area contributed by atoms with Crippen LogP contribution in [0.25, 0.3) is 0 Å². The highest BCUT2D eigenvalue weighted by atomic mass is 35.5. The Kier molecular flexibility index (Phi) is 9.29. The standard InChI is InChI=1S/C21H28ClN3O5/c1-2-3-10-16-24-19(22)17(25(16)11-7-12-26)20(28)23-15(18(27)21(29)30)13-14-8-5-4-6-9-14/h4-6,8-9,15,18,26-27H,2-3,7,10-13H2,1H3,(H,23,28)(H,29,30)/t15-,18+/m1/s1. The van der Waals surface area contributed by atoms with Crippen LogP contribution in [0.15, 0.2) is 30.3 Å². The predicted octanol–water partition coefficient (Wildman–Crippen LogP) is 2.05. The van der Waals surface area contributed by atoms with Gasteiger partial charge in [0.2, 0.25) is 0 Å². The molecule has 164 valence electrons. The van der Waals surface area contributed by atoms with E-state index in [1.54, 1.807) is 28.8 Å². The summed E-state index contributed by atoms with van der Waals surface area (Å²) >= 11 is 6.25. The van der Waals surface area contributed by atoms with Crippen molar-refractivity contribution in [1.82, 2.24) is 14.9 Å². The zero-order valence-electron chi connectivity index (χ0n) is 16.9. The Labute approximate surface area is 180 Å². The molecule has 0 aliphatic rings. The number of carboxylic acids is 1. The zero-order chi connectivity index (χ0) is 22.1. The average molecular weight is 438 g/mol. The normalized spacial score (nSPS) is 13.1. The topological polar surface area (TPSA) is 125 Å². The molecule has 2 atom stereocenters. The van der Waals surface area contributed by atoms with Crippen molar-refractivity contribution in [2.75, 3.05) is 6.61 Å². The molecule has 1 heterocycles. The number of aromatic nitrogens is 2. The van der Waals surface area contributed by atoms with Gasteiger partial charge in [-0.3, -0.25) is 4.79 Å². The fraction of sp³-hybridized carbons (Fsp3) is 0.476. The second-order valence-corrected chi connectivity index (χ2v) is 7.41. The lowest BCUT2D eigenvalue weighted by molar-refractivity contribution is -0.148. The number of unbranched alkanes of at least 4 members (excludes halogenated alkanes) is 1. The van der Waals surface area contributed by atoms with Gasteiger partial charge in [0.25, 0.3) is 5.91 Å². The molecule has 0 aliphatic heterocycles. The minimum Gasteiger partial charge on any atom is -0.479 e. The number of halogens is 1. The third kappa shape index (κ3) is 6.29. The van der Waals surface area contributed by atoms with E-state index in [1.807, 2.05) is 13.0 Å². The van der Waals surface area contributed by atoms with Crippen molar-refractivity contribution in [2.24, 2.45) is 0 Å². The van der Waals surface area contributed by atoms with E-state index in [9.17, 15) is 24.9 Å². The summed E-state index contributed by atoms with van der Waals surface area (Å²) in [5.41, 5.74) is 0.874. The summed E-state index contributed by atoms with van der Waals surface area (Å²) < 4.78 is 1.66. The minimum absolute atomic E-state index is 0.0137. The molecule has 0 unspecified atom stereocenters. The summed E-state index contributed by atoms with van der Waals surface area (Å²) in [4.78, 5) is 28.7. The van der Waals surface area contributed by atoms with Gasteiger partial charge in [0, 0.05) is 19.6 Å². The maximum Gasteiger partial charge on any atom is 0.334 e. The molecule has 9 heteroatoms. The van der Waals surface area contributed by atoms with Crippen LogP contribution in [0.1, 0.15) is 48.1 Å². The minimum atomic E-state index is -1.79. The average Bonchev–Trinajstić information content (AvgIpc) is 3.05. The Balaban J connectivity index is 2.31. The number of carboxylic acid groups (broad SMARTS) is 1. The van der Waals surface area contributed by atoms with Crippen molar-refractivity contribution in [3.63, 3.8) is 0 Å². The van der Waals surface area contributed by atoms with Gasteiger partial charge in [-0.2, -0.15) is 0 Å². The Morgan fingerprint density at radius 3 is 2.53 bits per heavy atom. The smallest absolute Gasteiger partial charge is 0.334 e. The molecule has 0 radical (unpaired) electrons. The lowest BCUT2D eigenvalue weighted by atomic mass is 10.0. The van der Waals surface area contributed by atoms with Gasteiger partial charge in [-0.1, -0.05) is 55.3 Å². The molecule has 1 aromatic heterocycles. The van der Waals surface area contributed by atoms with E-state index in [0.717, 1.165) is 18.4 Å². The lowest BCUT2D eigenvalue weighted by Gasteiger charge is -2.22. The summed E-state index contributed by atoms with van der Waals surface area (Å²) in [7, 11) is 0. The second kappa shape index (κ2) is 11.7. The maximum atomic E-state index is 13.0. The number of aliphatic hydroxyl groups is 2. The van der Waals surface area contributed by atoms with Gasteiger partial charge in [-0.15, -0.1) is 0 Å². The number of hydrogen-bond donors (Lipinski definition) is 4. The molecular weight excluding hydrogens is 410 g/mol. The van der Waals surface area contributed by atoms with Gasteiger partial charge in [0.1, 0.15) is 11.5 Å². The van der Waals surface area contributed by atoms with Gasteiger partial charge < -0.3 is 25.2 Å². The molecule has 2 rings (SSSR count). The van der Waals surface area contributed by atoms with Crippen LogP contribution >= 0.6 is 11.6 Å². The number of hydrogen-bond acceptors (Lipinski definition) is 5. The first-order valence-electron chi connectivity index (χ1n) is 10.00. The fourth-order valence-electron chi connectivity index (χ4n) is 3.20. The van der Waals surface area contributed by atoms with Crippen molar-refractivity contribution in [3.8, 4) is 0 Å². The van der Waals surface area contributed by atoms with Gasteiger partial charge >= 0.3 is 5.97 Å². The first-order chi connectivity index (χ1) is 14.4. The number of aliphatic hydroxyl groups excluding tert-OH is 2. The number of carbonyl (C=O) groups excluding carboxylic acids is 1. The first-order valence-corrected chi connectivity index (χ1v) is 10.4. The lowest BCUT2D eigenvalue weighted by Crippen LogP contribution is -2.48. The Morgan fingerprint density at radius 1 is 1.23 bits per heavy atom. The molecule has 0 bridgehead atoms. The quantitative estimate of drug-likeness (QED) is 0.402. The van der Waals surface area contributed by atoms with Gasteiger partial charge in [-0.05, 0) is 24.8 Å². The van der Waals surface area contributed by atoms with E-state index < -0.39 is 24.0 Å². The summed E-state index contributed by atoms with van der Waals surface area (Å²) in [5, 5.41) is 31.2. The van der Waals surface area contributed by atoms with E-state index in [0.29, 0.717) is 25.2 Å². The number of rotatable bonds is 12. The van der Waals surface area contributed by atoms with Crippen molar-refractivity contribution in [1.29, 1.82) is 0 Å². The Hall–Kier alpha value is -2.42.